The molecule has 0 aliphatic rings. The zero-order valence-corrected chi connectivity index (χ0v) is 12.9. The number of esters is 1. The molecule has 0 aliphatic heterocycles. The molecule has 1 rings (SSSR count). The van der Waals surface area contributed by atoms with Gasteiger partial charge < -0.3 is 10.1 Å². The number of hydrogen-bond acceptors (Lipinski definition) is 3. The van der Waals surface area contributed by atoms with Crippen molar-refractivity contribution in [2.24, 2.45) is 0 Å². The number of carbonyl (C=O) groups excluding carboxylic acids is 1. The van der Waals surface area contributed by atoms with E-state index in [0.717, 1.165) is 15.7 Å². The number of ether oxygens (including phenoxy) is 1. The Morgan fingerprint density at radius 3 is 2.83 bits per heavy atom. The fourth-order valence-corrected chi connectivity index (χ4v) is 2.10. The lowest BCUT2D eigenvalue weighted by Gasteiger charge is -2.09. The topological polar surface area (TPSA) is 38.3 Å². The SMILES string of the molecule is COC(=O)/C(C)=C/CNc1cc(Cl)c(C)cc1Br. The minimum atomic E-state index is -0.321. The maximum atomic E-state index is 11.2. The van der Waals surface area contributed by atoms with E-state index in [9.17, 15) is 4.79 Å². The van der Waals surface area contributed by atoms with Crippen molar-refractivity contribution in [3.63, 3.8) is 0 Å². The summed E-state index contributed by atoms with van der Waals surface area (Å²) in [6.07, 6.45) is 1.77. The minimum absolute atomic E-state index is 0.321. The van der Waals surface area contributed by atoms with Gasteiger partial charge in [-0.3, -0.25) is 0 Å². The first-order valence-corrected chi connectivity index (χ1v) is 6.57. The number of anilines is 1. The minimum Gasteiger partial charge on any atom is -0.466 e. The van der Waals surface area contributed by atoms with Crippen molar-refractivity contribution < 1.29 is 9.53 Å². The molecular formula is C13H15BrClNO2. The van der Waals surface area contributed by atoms with Crippen molar-refractivity contribution >= 4 is 39.2 Å². The normalized spacial score (nSPS) is 11.3. The highest BCUT2D eigenvalue weighted by Crippen LogP contribution is 2.28. The number of methoxy groups -OCH3 is 1. The summed E-state index contributed by atoms with van der Waals surface area (Å²) in [4.78, 5) is 11.2. The summed E-state index contributed by atoms with van der Waals surface area (Å²) < 4.78 is 5.55. The molecule has 1 aromatic rings. The van der Waals surface area contributed by atoms with Crippen LogP contribution in [0.25, 0.3) is 0 Å². The summed E-state index contributed by atoms with van der Waals surface area (Å²) in [5.41, 5.74) is 2.47. The van der Waals surface area contributed by atoms with Gasteiger partial charge in [0.05, 0.1) is 12.8 Å². The van der Waals surface area contributed by atoms with Crippen molar-refractivity contribution in [2.75, 3.05) is 19.0 Å². The van der Waals surface area contributed by atoms with E-state index in [1.807, 2.05) is 19.1 Å². The third-order valence-corrected chi connectivity index (χ3v) is 3.52. The van der Waals surface area contributed by atoms with Gasteiger partial charge in [0.25, 0.3) is 0 Å². The van der Waals surface area contributed by atoms with Crippen molar-refractivity contribution in [1.82, 2.24) is 0 Å². The van der Waals surface area contributed by atoms with Crippen LogP contribution in [-0.2, 0) is 9.53 Å². The highest BCUT2D eigenvalue weighted by Gasteiger charge is 2.04. The summed E-state index contributed by atoms with van der Waals surface area (Å²) in [7, 11) is 1.36. The van der Waals surface area contributed by atoms with Crippen LogP contribution in [0.15, 0.2) is 28.3 Å². The molecule has 1 N–H and O–H groups in total. The van der Waals surface area contributed by atoms with Gasteiger partial charge in [0.15, 0.2) is 0 Å². The molecule has 0 fully saturated rings. The quantitative estimate of drug-likeness (QED) is 0.670. The van der Waals surface area contributed by atoms with Gasteiger partial charge >= 0.3 is 5.97 Å². The molecule has 0 atom stereocenters. The number of benzene rings is 1. The first kappa shape index (κ1) is 15.1. The Bertz CT molecular complexity index is 486. The largest absolute Gasteiger partial charge is 0.466 e. The molecular weight excluding hydrogens is 318 g/mol. The predicted molar refractivity (Wildman–Crippen MR) is 78.2 cm³/mol. The third kappa shape index (κ3) is 4.03. The van der Waals surface area contributed by atoms with Crippen LogP contribution < -0.4 is 5.32 Å². The van der Waals surface area contributed by atoms with Crippen LogP contribution in [0.1, 0.15) is 12.5 Å². The molecule has 3 nitrogen and oxygen atoms in total. The van der Waals surface area contributed by atoms with Crippen molar-refractivity contribution in [1.29, 1.82) is 0 Å². The lowest BCUT2D eigenvalue weighted by Crippen LogP contribution is -2.05. The van der Waals surface area contributed by atoms with E-state index in [1.54, 1.807) is 13.0 Å². The smallest absolute Gasteiger partial charge is 0.333 e. The number of aryl methyl sites for hydroxylation is 1. The number of halogens is 2. The molecule has 0 amide bonds. The van der Waals surface area contributed by atoms with E-state index in [-0.39, 0.29) is 5.97 Å². The molecule has 0 aromatic heterocycles. The Kier molecular flexibility index (Phi) is 5.69. The molecule has 98 valence electrons. The average Bonchev–Trinajstić information content (AvgIpc) is 2.34. The average molecular weight is 333 g/mol. The molecule has 18 heavy (non-hydrogen) atoms. The maximum Gasteiger partial charge on any atom is 0.333 e. The zero-order valence-electron chi connectivity index (χ0n) is 10.5. The highest BCUT2D eigenvalue weighted by atomic mass is 79.9. The maximum absolute atomic E-state index is 11.2. The van der Waals surface area contributed by atoms with Gasteiger partial charge in [0, 0.05) is 21.6 Å². The predicted octanol–water partition coefficient (Wildman–Crippen LogP) is 3.94. The van der Waals surface area contributed by atoms with Crippen molar-refractivity contribution in [2.45, 2.75) is 13.8 Å². The molecule has 0 saturated carbocycles. The van der Waals surface area contributed by atoms with Gasteiger partial charge in [-0.2, -0.15) is 0 Å². The van der Waals surface area contributed by atoms with E-state index in [4.69, 9.17) is 11.6 Å². The van der Waals surface area contributed by atoms with E-state index >= 15 is 0 Å². The summed E-state index contributed by atoms with van der Waals surface area (Å²) >= 11 is 9.51. The zero-order chi connectivity index (χ0) is 13.7. The van der Waals surface area contributed by atoms with Crippen LogP contribution >= 0.6 is 27.5 Å². The molecule has 0 aliphatic carbocycles. The molecule has 0 unspecified atom stereocenters. The standard InChI is InChI=1S/C13H15BrClNO2/c1-8(13(17)18-3)4-5-16-12-7-11(15)9(2)6-10(12)14/h4,6-7,16H,5H2,1-3H3/b8-4+. The highest BCUT2D eigenvalue weighted by molar-refractivity contribution is 9.10. The van der Waals surface area contributed by atoms with Gasteiger partial charge in [-0.05, 0) is 47.5 Å². The summed E-state index contributed by atoms with van der Waals surface area (Å²) in [5.74, 6) is -0.321. The number of carbonyl (C=O) groups is 1. The first-order chi connectivity index (χ1) is 8.45. The lowest BCUT2D eigenvalue weighted by atomic mass is 10.2. The molecule has 0 heterocycles. The van der Waals surface area contributed by atoms with Gasteiger partial charge in [-0.25, -0.2) is 4.79 Å². The van der Waals surface area contributed by atoms with Crippen LogP contribution in [0.3, 0.4) is 0 Å². The molecule has 1 aromatic carbocycles. The van der Waals surface area contributed by atoms with Crippen LogP contribution in [0.4, 0.5) is 5.69 Å². The van der Waals surface area contributed by atoms with E-state index in [0.29, 0.717) is 17.1 Å². The first-order valence-electron chi connectivity index (χ1n) is 5.40. The fraction of sp³-hybridized carbons (Fsp3) is 0.308. The Labute approximate surface area is 120 Å². The molecule has 0 spiro atoms. The molecule has 5 heteroatoms. The fourth-order valence-electron chi connectivity index (χ4n) is 1.34. The summed E-state index contributed by atoms with van der Waals surface area (Å²) in [6, 6.07) is 3.80. The summed E-state index contributed by atoms with van der Waals surface area (Å²) in [6.45, 7) is 4.18. The van der Waals surface area contributed by atoms with E-state index in [2.05, 4.69) is 26.0 Å². The number of rotatable bonds is 4. The monoisotopic (exact) mass is 331 g/mol. The van der Waals surface area contributed by atoms with Crippen LogP contribution in [0.2, 0.25) is 5.02 Å². The van der Waals surface area contributed by atoms with Crippen molar-refractivity contribution in [3.8, 4) is 0 Å². The van der Waals surface area contributed by atoms with Gasteiger partial charge in [-0.1, -0.05) is 17.7 Å². The van der Waals surface area contributed by atoms with Crippen molar-refractivity contribution in [3.05, 3.63) is 38.8 Å². The summed E-state index contributed by atoms with van der Waals surface area (Å²) in [5, 5.41) is 3.88. The van der Waals surface area contributed by atoms with E-state index < -0.39 is 0 Å². The second kappa shape index (κ2) is 6.81. The van der Waals surface area contributed by atoms with Crippen LogP contribution in [-0.4, -0.2) is 19.6 Å². The molecule has 0 saturated heterocycles. The van der Waals surface area contributed by atoms with Crippen LogP contribution in [0.5, 0.6) is 0 Å². The van der Waals surface area contributed by atoms with E-state index in [1.165, 1.54) is 7.11 Å². The number of nitrogens with one attached hydrogen (secondary N) is 1. The Hall–Kier alpha value is -1.000. The Morgan fingerprint density at radius 1 is 1.56 bits per heavy atom. The third-order valence-electron chi connectivity index (χ3n) is 2.46. The number of hydrogen-bond donors (Lipinski definition) is 1. The van der Waals surface area contributed by atoms with Crippen LogP contribution in [0, 0.1) is 6.92 Å². The molecule has 0 radical (unpaired) electrons. The second-order valence-electron chi connectivity index (χ2n) is 3.84. The Morgan fingerprint density at radius 2 is 2.22 bits per heavy atom. The molecule has 0 bridgehead atoms. The second-order valence-corrected chi connectivity index (χ2v) is 5.10. The Balaban J connectivity index is 2.70. The van der Waals surface area contributed by atoms with Gasteiger partial charge in [0.2, 0.25) is 0 Å². The van der Waals surface area contributed by atoms with Gasteiger partial charge in [-0.15, -0.1) is 0 Å². The van der Waals surface area contributed by atoms with Gasteiger partial charge in [0.1, 0.15) is 0 Å². The lowest BCUT2D eigenvalue weighted by molar-refractivity contribution is -0.136.